The third-order valence-corrected chi connectivity index (χ3v) is 6.97. The van der Waals surface area contributed by atoms with E-state index >= 15 is 0 Å². The number of hydrogen-bond donors (Lipinski definition) is 1. The molecule has 1 amide bonds. The Balaban J connectivity index is 1.40. The topological polar surface area (TPSA) is 89.9 Å². The molecule has 7 nitrogen and oxygen atoms in total. The van der Waals surface area contributed by atoms with Crippen molar-refractivity contribution in [1.82, 2.24) is 24.4 Å². The number of aryl methyl sites for hydroxylation is 1. The van der Waals surface area contributed by atoms with Crippen LogP contribution in [0.25, 0.3) is 20.6 Å². The summed E-state index contributed by atoms with van der Waals surface area (Å²) in [6.45, 7) is 3.47. The number of anilines is 1. The number of likely N-dealkylation sites (tertiary alicyclic amines) is 1. The number of carbonyl (C=O) groups excluding carboxylic acids is 1. The van der Waals surface area contributed by atoms with E-state index in [-0.39, 0.29) is 11.9 Å². The van der Waals surface area contributed by atoms with Crippen molar-refractivity contribution < 1.29 is 4.79 Å². The van der Waals surface area contributed by atoms with Gasteiger partial charge < -0.3 is 15.2 Å². The zero-order valence-corrected chi connectivity index (χ0v) is 15.7. The highest BCUT2D eigenvalue weighted by Crippen LogP contribution is 2.34. The molecule has 5 heterocycles. The van der Waals surface area contributed by atoms with Crippen LogP contribution in [0, 0.1) is 6.92 Å². The Bertz CT molecular complexity index is 1110. The molecule has 4 aromatic heterocycles. The number of hydrogen-bond acceptors (Lipinski definition) is 7. The summed E-state index contributed by atoms with van der Waals surface area (Å²) in [5.41, 5.74) is 7.21. The third-order valence-electron chi connectivity index (χ3n) is 4.77. The maximum Gasteiger partial charge on any atom is 0.264 e. The first-order valence-corrected chi connectivity index (χ1v) is 9.95. The lowest BCUT2D eigenvalue weighted by molar-refractivity contribution is 0.0792. The number of carbonyl (C=O) groups is 1. The molecular weight excluding hydrogens is 368 g/mol. The molecular formula is C17H16N6OS2. The standard InChI is InChI=1S/C17H16N6OS2/c1-9-4-11-12(25-9)5-13(26-11)17(24)22-3-2-10(6-22)23-8-21-14-15(18)19-7-20-16(14)23/h4-5,7-8,10H,2-3,6H2,1H3,(H2,18,19,20). The Morgan fingerprint density at radius 3 is 2.92 bits per heavy atom. The van der Waals surface area contributed by atoms with Gasteiger partial charge in [-0.3, -0.25) is 4.79 Å². The summed E-state index contributed by atoms with van der Waals surface area (Å²) in [5.74, 6) is 0.491. The van der Waals surface area contributed by atoms with Gasteiger partial charge in [-0.25, -0.2) is 15.0 Å². The van der Waals surface area contributed by atoms with Gasteiger partial charge in [0.05, 0.1) is 17.2 Å². The lowest BCUT2D eigenvalue weighted by atomic mass is 10.2. The molecule has 0 saturated carbocycles. The SMILES string of the molecule is Cc1cc2sc(C(=O)N3CCC(n4cnc5c(N)ncnc54)C3)cc2s1. The molecule has 1 unspecified atom stereocenters. The number of nitrogens with zero attached hydrogens (tertiary/aromatic N) is 5. The summed E-state index contributed by atoms with van der Waals surface area (Å²) in [6.07, 6.45) is 4.08. The molecule has 1 atom stereocenters. The summed E-state index contributed by atoms with van der Waals surface area (Å²) < 4.78 is 4.40. The molecule has 0 spiro atoms. The van der Waals surface area contributed by atoms with E-state index in [1.807, 2.05) is 15.5 Å². The van der Waals surface area contributed by atoms with Gasteiger partial charge >= 0.3 is 0 Å². The van der Waals surface area contributed by atoms with E-state index in [9.17, 15) is 4.79 Å². The van der Waals surface area contributed by atoms with Gasteiger partial charge in [0.1, 0.15) is 11.8 Å². The largest absolute Gasteiger partial charge is 0.382 e. The molecule has 1 fully saturated rings. The average molecular weight is 384 g/mol. The van der Waals surface area contributed by atoms with Crippen molar-refractivity contribution in [1.29, 1.82) is 0 Å². The first-order valence-electron chi connectivity index (χ1n) is 8.32. The van der Waals surface area contributed by atoms with Gasteiger partial charge in [-0.1, -0.05) is 0 Å². The second-order valence-corrected chi connectivity index (χ2v) is 8.84. The Morgan fingerprint density at radius 1 is 1.23 bits per heavy atom. The Labute approximate surface area is 157 Å². The number of aromatic nitrogens is 4. The van der Waals surface area contributed by atoms with E-state index in [2.05, 4.69) is 27.9 Å². The predicted octanol–water partition coefficient (Wildman–Crippen LogP) is 3.08. The van der Waals surface area contributed by atoms with E-state index in [4.69, 9.17) is 5.73 Å². The summed E-state index contributed by atoms with van der Waals surface area (Å²) >= 11 is 3.31. The van der Waals surface area contributed by atoms with Gasteiger partial charge in [-0.2, -0.15) is 0 Å². The lowest BCUT2D eigenvalue weighted by Crippen LogP contribution is -2.28. The normalized spacial score (nSPS) is 17.6. The molecule has 9 heteroatoms. The maximum absolute atomic E-state index is 12.9. The van der Waals surface area contributed by atoms with Crippen molar-refractivity contribution >= 4 is 55.0 Å². The fourth-order valence-corrected chi connectivity index (χ4v) is 5.79. The van der Waals surface area contributed by atoms with Crippen molar-refractivity contribution in [2.45, 2.75) is 19.4 Å². The second kappa shape index (κ2) is 5.75. The molecule has 1 aliphatic rings. The molecule has 0 aromatic carbocycles. The minimum absolute atomic E-state index is 0.108. The molecule has 0 bridgehead atoms. The fourth-order valence-electron chi connectivity index (χ4n) is 3.51. The smallest absolute Gasteiger partial charge is 0.264 e. The summed E-state index contributed by atoms with van der Waals surface area (Å²) in [5, 5.41) is 0. The van der Waals surface area contributed by atoms with Crippen LogP contribution < -0.4 is 5.73 Å². The van der Waals surface area contributed by atoms with E-state index < -0.39 is 0 Å². The van der Waals surface area contributed by atoms with Crippen molar-refractivity contribution in [2.24, 2.45) is 0 Å². The van der Waals surface area contributed by atoms with Crippen LogP contribution in [-0.2, 0) is 0 Å². The van der Waals surface area contributed by atoms with Crippen LogP contribution in [0.1, 0.15) is 27.0 Å². The maximum atomic E-state index is 12.9. The molecule has 4 aromatic rings. The number of thiophene rings is 2. The monoisotopic (exact) mass is 384 g/mol. The van der Waals surface area contributed by atoms with Crippen molar-refractivity contribution in [2.75, 3.05) is 18.8 Å². The van der Waals surface area contributed by atoms with Gasteiger partial charge in [-0.15, -0.1) is 22.7 Å². The van der Waals surface area contributed by atoms with E-state index in [0.29, 0.717) is 17.9 Å². The first kappa shape index (κ1) is 15.7. The van der Waals surface area contributed by atoms with Gasteiger partial charge in [0.25, 0.3) is 5.91 Å². The Morgan fingerprint density at radius 2 is 2.08 bits per heavy atom. The number of nitrogen functional groups attached to an aromatic ring is 1. The highest BCUT2D eigenvalue weighted by atomic mass is 32.1. The molecule has 2 N–H and O–H groups in total. The minimum atomic E-state index is 0.108. The summed E-state index contributed by atoms with van der Waals surface area (Å²) in [7, 11) is 0. The second-order valence-electron chi connectivity index (χ2n) is 6.47. The Hall–Kier alpha value is -2.52. The zero-order valence-electron chi connectivity index (χ0n) is 14.0. The number of nitrogens with two attached hydrogens (primary N) is 1. The molecule has 26 heavy (non-hydrogen) atoms. The molecule has 132 valence electrons. The van der Waals surface area contributed by atoms with Crippen LogP contribution >= 0.6 is 22.7 Å². The van der Waals surface area contributed by atoms with Gasteiger partial charge in [0.2, 0.25) is 0 Å². The summed E-state index contributed by atoms with van der Waals surface area (Å²) in [6, 6.07) is 4.32. The van der Waals surface area contributed by atoms with Crippen LogP contribution in [0.2, 0.25) is 0 Å². The summed E-state index contributed by atoms with van der Waals surface area (Å²) in [4.78, 5) is 29.5. The first-order chi connectivity index (χ1) is 12.6. The average Bonchev–Trinajstić information content (AvgIpc) is 3.35. The molecule has 5 rings (SSSR count). The van der Waals surface area contributed by atoms with Crippen molar-refractivity contribution in [3.63, 3.8) is 0 Å². The zero-order chi connectivity index (χ0) is 17.8. The van der Waals surface area contributed by atoms with Gasteiger partial charge in [0.15, 0.2) is 11.5 Å². The van der Waals surface area contributed by atoms with Crippen LogP contribution in [-0.4, -0.2) is 43.4 Å². The van der Waals surface area contributed by atoms with E-state index in [1.54, 1.807) is 29.0 Å². The highest BCUT2D eigenvalue weighted by molar-refractivity contribution is 7.28. The van der Waals surface area contributed by atoms with Crippen LogP contribution in [0.4, 0.5) is 5.82 Å². The highest BCUT2D eigenvalue weighted by Gasteiger charge is 2.30. The molecule has 0 aliphatic carbocycles. The molecule has 1 saturated heterocycles. The number of imidazole rings is 1. The predicted molar refractivity (Wildman–Crippen MR) is 104 cm³/mol. The number of fused-ring (bicyclic) bond motifs is 2. The van der Waals surface area contributed by atoms with Gasteiger partial charge in [-0.05, 0) is 25.5 Å². The van der Waals surface area contributed by atoms with E-state index in [1.165, 1.54) is 20.6 Å². The van der Waals surface area contributed by atoms with Crippen LogP contribution in [0.3, 0.4) is 0 Å². The van der Waals surface area contributed by atoms with E-state index in [0.717, 1.165) is 23.5 Å². The fraction of sp³-hybridized carbons (Fsp3) is 0.294. The molecule has 0 radical (unpaired) electrons. The number of amides is 1. The molecule has 1 aliphatic heterocycles. The third kappa shape index (κ3) is 2.38. The lowest BCUT2D eigenvalue weighted by Gasteiger charge is -2.16. The number of rotatable bonds is 2. The van der Waals surface area contributed by atoms with Crippen LogP contribution in [0.15, 0.2) is 24.8 Å². The van der Waals surface area contributed by atoms with Crippen LogP contribution in [0.5, 0.6) is 0 Å². The van der Waals surface area contributed by atoms with Crippen molar-refractivity contribution in [3.8, 4) is 0 Å². The minimum Gasteiger partial charge on any atom is -0.382 e. The quantitative estimate of drug-likeness (QED) is 0.574. The van der Waals surface area contributed by atoms with Gasteiger partial charge in [0, 0.05) is 27.4 Å². The van der Waals surface area contributed by atoms with Crippen molar-refractivity contribution in [3.05, 3.63) is 34.5 Å². The Kier molecular flexibility index (Phi) is 3.47.